The van der Waals surface area contributed by atoms with Gasteiger partial charge < -0.3 is 10.5 Å². The highest BCUT2D eigenvalue weighted by Gasteiger charge is 2.15. The maximum atomic E-state index is 9.76. The first-order valence-corrected chi connectivity index (χ1v) is 3.16. The monoisotopic (exact) mass is 139 g/mol. The van der Waals surface area contributed by atoms with Crippen LogP contribution in [0, 0.1) is 0 Å². The van der Waals surface area contributed by atoms with Crippen molar-refractivity contribution in [1.82, 2.24) is 0 Å². The summed E-state index contributed by atoms with van der Waals surface area (Å²) in [5.41, 5.74) is 4.54. The highest BCUT2D eigenvalue weighted by molar-refractivity contribution is 7.87. The second kappa shape index (κ2) is 2.21. The Labute approximate surface area is 46.2 Å². The quantitative estimate of drug-likeness (QED) is 0.353. The van der Waals surface area contributed by atoms with Gasteiger partial charge in [-0.05, 0) is 0 Å². The van der Waals surface area contributed by atoms with Crippen LogP contribution >= 0.6 is 0 Å². The number of rotatable bonds is 2. The molecule has 1 unspecified atom stereocenters. The van der Waals surface area contributed by atoms with Crippen LogP contribution in [0.3, 0.4) is 0 Å². The predicted octanol–water partition coefficient (Wildman–Crippen LogP) is -1.64. The third kappa shape index (κ3) is 2.01. The summed E-state index contributed by atoms with van der Waals surface area (Å²) >= 11 is 0. The Kier molecular flexibility index (Phi) is 2.08. The number of aldehydes is 1. The zero-order chi connectivity index (χ0) is 6.78. The van der Waals surface area contributed by atoms with Gasteiger partial charge in [-0.2, -0.15) is 8.42 Å². The lowest BCUT2D eigenvalue weighted by molar-refractivity contribution is -0.107. The van der Waals surface area contributed by atoms with E-state index in [9.17, 15) is 13.2 Å². The van der Waals surface area contributed by atoms with Gasteiger partial charge in [-0.3, -0.25) is 4.55 Å². The molecule has 0 spiro atoms. The van der Waals surface area contributed by atoms with E-state index in [0.717, 1.165) is 0 Å². The van der Waals surface area contributed by atoms with E-state index in [2.05, 4.69) is 5.73 Å². The van der Waals surface area contributed by atoms with Gasteiger partial charge in [0.2, 0.25) is 0 Å². The molecule has 0 saturated heterocycles. The summed E-state index contributed by atoms with van der Waals surface area (Å²) in [6.07, 6.45) is -0.0602. The highest BCUT2D eigenvalue weighted by Crippen LogP contribution is 1.82. The van der Waals surface area contributed by atoms with Crippen molar-refractivity contribution in [2.24, 2.45) is 5.73 Å². The van der Waals surface area contributed by atoms with Crippen molar-refractivity contribution in [3.05, 3.63) is 0 Å². The van der Waals surface area contributed by atoms with E-state index in [0.29, 0.717) is 0 Å². The number of carbonyl (C=O) groups is 1. The van der Waals surface area contributed by atoms with Gasteiger partial charge in [-0.1, -0.05) is 0 Å². The Hall–Kier alpha value is -0.460. The Morgan fingerprint density at radius 2 is 2.00 bits per heavy atom. The van der Waals surface area contributed by atoms with Crippen LogP contribution < -0.4 is 5.73 Å². The summed E-state index contributed by atoms with van der Waals surface area (Å²) in [6.45, 7) is 0. The van der Waals surface area contributed by atoms with Crippen molar-refractivity contribution < 1.29 is 17.8 Å². The fourth-order valence-electron chi connectivity index (χ4n) is 0.0702. The van der Waals surface area contributed by atoms with Crippen LogP contribution in [0.4, 0.5) is 0 Å². The van der Waals surface area contributed by atoms with Gasteiger partial charge in [0.1, 0.15) is 0 Å². The number of nitrogens with two attached hydrogens (primary N) is 1. The average Bonchev–Trinajstić information content (AvgIpc) is 1.62. The minimum Gasteiger partial charge on any atom is -0.307 e. The molecule has 0 bridgehead atoms. The van der Waals surface area contributed by atoms with Gasteiger partial charge >= 0.3 is 0 Å². The first-order valence-electron chi connectivity index (χ1n) is 1.65. The third-order valence-corrected chi connectivity index (χ3v) is 1.28. The minimum atomic E-state index is -4.34. The topological polar surface area (TPSA) is 97.5 Å². The van der Waals surface area contributed by atoms with Crippen LogP contribution in [-0.4, -0.2) is 24.6 Å². The van der Waals surface area contributed by atoms with E-state index < -0.39 is 15.5 Å². The number of carbonyl (C=O) groups excluding carboxylic acids is 1. The molecule has 1 atom stereocenters. The van der Waals surface area contributed by atoms with Crippen LogP contribution in [0.5, 0.6) is 0 Å². The molecule has 0 amide bonds. The maximum absolute atomic E-state index is 9.76. The molecular weight excluding hydrogens is 134 g/mol. The maximum Gasteiger partial charge on any atom is 0.287 e. The Balaban J connectivity index is 4.26. The first kappa shape index (κ1) is 7.54. The van der Waals surface area contributed by atoms with E-state index in [4.69, 9.17) is 4.55 Å². The fraction of sp³-hybridized carbons (Fsp3) is 0.500. The van der Waals surface area contributed by atoms with Gasteiger partial charge in [0.15, 0.2) is 11.7 Å². The molecule has 0 rings (SSSR count). The average molecular weight is 139 g/mol. The third-order valence-electron chi connectivity index (χ3n) is 0.478. The fourth-order valence-corrected chi connectivity index (χ4v) is 0.211. The molecule has 0 aromatic carbocycles. The second-order valence-electron chi connectivity index (χ2n) is 1.12. The number of hydrogen-bond acceptors (Lipinski definition) is 4. The number of hydrogen-bond donors (Lipinski definition) is 2. The van der Waals surface area contributed by atoms with Gasteiger partial charge in [-0.15, -0.1) is 0 Å². The molecule has 48 valence electrons. The van der Waals surface area contributed by atoms with Crippen molar-refractivity contribution >= 4 is 16.4 Å². The largest absolute Gasteiger partial charge is 0.307 e. The molecular formula is C2H5NO4S. The molecule has 0 aliphatic carbocycles. The molecule has 0 heterocycles. The van der Waals surface area contributed by atoms with Gasteiger partial charge in [0.25, 0.3) is 10.1 Å². The van der Waals surface area contributed by atoms with Crippen molar-refractivity contribution in [2.75, 3.05) is 0 Å². The summed E-state index contributed by atoms with van der Waals surface area (Å²) in [5, 5.41) is -1.80. The molecule has 3 N–H and O–H groups in total. The summed E-state index contributed by atoms with van der Waals surface area (Å²) in [4.78, 5) is 9.49. The minimum absolute atomic E-state index is 0.0602. The SMILES string of the molecule is NC(C=O)S(=O)(=O)O. The Morgan fingerprint density at radius 1 is 1.62 bits per heavy atom. The summed E-state index contributed by atoms with van der Waals surface area (Å²) in [6, 6.07) is 0. The second-order valence-corrected chi connectivity index (χ2v) is 2.69. The Morgan fingerprint density at radius 3 is 2.00 bits per heavy atom. The van der Waals surface area contributed by atoms with E-state index in [1.165, 1.54) is 0 Å². The molecule has 6 heteroatoms. The smallest absolute Gasteiger partial charge is 0.287 e. The molecule has 0 aromatic rings. The zero-order valence-corrected chi connectivity index (χ0v) is 4.63. The van der Waals surface area contributed by atoms with Crippen LogP contribution in [0.15, 0.2) is 0 Å². The van der Waals surface area contributed by atoms with Gasteiger partial charge in [0.05, 0.1) is 0 Å². The normalized spacial score (nSPS) is 15.2. The van der Waals surface area contributed by atoms with Crippen LogP contribution in [0.25, 0.3) is 0 Å². The molecule has 0 aliphatic rings. The lowest BCUT2D eigenvalue weighted by Crippen LogP contribution is -2.31. The molecule has 0 aromatic heterocycles. The van der Waals surface area contributed by atoms with Crippen LogP contribution in [0.1, 0.15) is 0 Å². The van der Waals surface area contributed by atoms with Gasteiger partial charge in [-0.25, -0.2) is 0 Å². The van der Waals surface area contributed by atoms with E-state index >= 15 is 0 Å². The van der Waals surface area contributed by atoms with Crippen molar-refractivity contribution in [1.29, 1.82) is 0 Å². The highest BCUT2D eigenvalue weighted by atomic mass is 32.2. The van der Waals surface area contributed by atoms with Crippen LogP contribution in [0.2, 0.25) is 0 Å². The summed E-state index contributed by atoms with van der Waals surface area (Å²) in [7, 11) is -4.34. The lowest BCUT2D eigenvalue weighted by atomic mass is 10.8. The standard InChI is InChI=1S/C2H5NO4S/c3-2(1-4)8(5,6)7/h1-2H,3H2,(H,5,6,7). The molecule has 0 fully saturated rings. The lowest BCUT2D eigenvalue weighted by Gasteiger charge is -1.94. The van der Waals surface area contributed by atoms with Gasteiger partial charge in [0, 0.05) is 0 Å². The van der Waals surface area contributed by atoms with E-state index in [1.807, 2.05) is 0 Å². The first-order chi connectivity index (χ1) is 3.48. The molecule has 0 saturated carbocycles. The Bertz CT molecular complexity index is 170. The van der Waals surface area contributed by atoms with E-state index in [-0.39, 0.29) is 6.29 Å². The zero-order valence-electron chi connectivity index (χ0n) is 3.81. The van der Waals surface area contributed by atoms with E-state index in [1.54, 1.807) is 0 Å². The van der Waals surface area contributed by atoms with Crippen molar-refractivity contribution in [3.8, 4) is 0 Å². The molecule has 5 nitrogen and oxygen atoms in total. The van der Waals surface area contributed by atoms with Crippen molar-refractivity contribution in [3.63, 3.8) is 0 Å². The predicted molar refractivity (Wildman–Crippen MR) is 25.6 cm³/mol. The molecule has 0 aliphatic heterocycles. The molecule has 8 heavy (non-hydrogen) atoms. The van der Waals surface area contributed by atoms with Crippen molar-refractivity contribution in [2.45, 2.75) is 5.37 Å². The molecule has 0 radical (unpaired) electrons. The van der Waals surface area contributed by atoms with Crippen LogP contribution in [-0.2, 0) is 14.9 Å². The summed E-state index contributed by atoms with van der Waals surface area (Å²) < 4.78 is 27.4. The summed E-state index contributed by atoms with van der Waals surface area (Å²) in [5.74, 6) is 0.